The maximum absolute atomic E-state index is 10.5. The van der Waals surface area contributed by atoms with Gasteiger partial charge in [-0.2, -0.15) is 0 Å². The summed E-state index contributed by atoms with van der Waals surface area (Å²) in [5, 5.41) is 10.5. The molecule has 0 aliphatic rings. The molecule has 0 radical (unpaired) electrons. The number of non-ortho nitro benzene ring substituents is 1. The molecule has 4 heteroatoms. The molecule has 13 heavy (non-hydrogen) atoms. The quantitative estimate of drug-likeness (QED) is 0.425. The highest BCUT2D eigenvalue weighted by Crippen LogP contribution is 2.25. The van der Waals surface area contributed by atoms with Crippen molar-refractivity contribution in [1.29, 1.82) is 0 Å². The Morgan fingerprint density at radius 3 is 2.69 bits per heavy atom. The van der Waals surface area contributed by atoms with Crippen LogP contribution in [-0.4, -0.2) is 11.2 Å². The molecule has 0 aliphatic heterocycles. The summed E-state index contributed by atoms with van der Waals surface area (Å²) in [5.41, 5.74) is 1.22. The molecule has 0 saturated heterocycles. The van der Waals surface area contributed by atoms with Gasteiger partial charge >= 0.3 is 0 Å². The number of hydrogen-bond acceptors (Lipinski definition) is 3. The first-order chi connectivity index (χ1) is 6.19. The standard InChI is InChI=1S/C9H11NO2S/c1-3-7-6-8(10(11)12)4-5-9(7)13-2/h4-6H,3H2,1-2H3. The Kier molecular flexibility index (Phi) is 3.31. The largest absolute Gasteiger partial charge is 0.269 e. The number of rotatable bonds is 3. The van der Waals surface area contributed by atoms with Gasteiger partial charge in [-0.25, -0.2) is 0 Å². The maximum atomic E-state index is 10.5. The number of benzene rings is 1. The average molecular weight is 197 g/mol. The molecule has 0 spiro atoms. The first kappa shape index (κ1) is 10.1. The Morgan fingerprint density at radius 1 is 1.54 bits per heavy atom. The first-order valence-electron chi connectivity index (χ1n) is 4.00. The van der Waals surface area contributed by atoms with Crippen molar-refractivity contribution < 1.29 is 4.92 Å². The predicted molar refractivity (Wildman–Crippen MR) is 54.3 cm³/mol. The fourth-order valence-corrected chi connectivity index (χ4v) is 1.82. The molecule has 0 aliphatic carbocycles. The van der Waals surface area contributed by atoms with Crippen LogP contribution in [0.25, 0.3) is 0 Å². The van der Waals surface area contributed by atoms with E-state index < -0.39 is 0 Å². The molecule has 1 aromatic carbocycles. The fourth-order valence-electron chi connectivity index (χ4n) is 1.15. The Hall–Kier alpha value is -1.03. The fraction of sp³-hybridized carbons (Fsp3) is 0.333. The third-order valence-electron chi connectivity index (χ3n) is 1.86. The van der Waals surface area contributed by atoms with Crippen LogP contribution in [0.2, 0.25) is 0 Å². The maximum Gasteiger partial charge on any atom is 0.269 e. The van der Waals surface area contributed by atoms with Gasteiger partial charge in [0.1, 0.15) is 0 Å². The third-order valence-corrected chi connectivity index (χ3v) is 2.69. The smallest absolute Gasteiger partial charge is 0.258 e. The van der Waals surface area contributed by atoms with E-state index in [0.29, 0.717) is 0 Å². The van der Waals surface area contributed by atoms with Crippen molar-refractivity contribution in [2.45, 2.75) is 18.2 Å². The normalized spacial score (nSPS) is 10.0. The second-order valence-electron chi connectivity index (χ2n) is 2.61. The topological polar surface area (TPSA) is 43.1 Å². The zero-order valence-corrected chi connectivity index (χ0v) is 8.43. The van der Waals surface area contributed by atoms with Crippen LogP contribution in [0.3, 0.4) is 0 Å². The molecule has 0 saturated carbocycles. The molecule has 0 atom stereocenters. The van der Waals surface area contributed by atoms with E-state index in [2.05, 4.69) is 0 Å². The highest BCUT2D eigenvalue weighted by atomic mass is 32.2. The van der Waals surface area contributed by atoms with Crippen molar-refractivity contribution >= 4 is 17.4 Å². The van der Waals surface area contributed by atoms with Crippen molar-refractivity contribution in [1.82, 2.24) is 0 Å². The van der Waals surface area contributed by atoms with Crippen LogP contribution >= 0.6 is 11.8 Å². The Morgan fingerprint density at radius 2 is 2.23 bits per heavy atom. The molecular weight excluding hydrogens is 186 g/mol. The van der Waals surface area contributed by atoms with Gasteiger partial charge in [0.25, 0.3) is 5.69 Å². The molecule has 0 bridgehead atoms. The van der Waals surface area contributed by atoms with E-state index in [4.69, 9.17) is 0 Å². The summed E-state index contributed by atoms with van der Waals surface area (Å²) in [4.78, 5) is 11.2. The molecule has 0 N–H and O–H groups in total. The van der Waals surface area contributed by atoms with Crippen molar-refractivity contribution in [3.63, 3.8) is 0 Å². The monoisotopic (exact) mass is 197 g/mol. The Bertz CT molecular complexity index is 325. The molecule has 0 heterocycles. The van der Waals surface area contributed by atoms with Crippen molar-refractivity contribution in [3.8, 4) is 0 Å². The van der Waals surface area contributed by atoms with Crippen LogP contribution in [0.1, 0.15) is 12.5 Å². The highest BCUT2D eigenvalue weighted by molar-refractivity contribution is 7.98. The minimum absolute atomic E-state index is 0.176. The lowest BCUT2D eigenvalue weighted by molar-refractivity contribution is -0.385. The van der Waals surface area contributed by atoms with Crippen LogP contribution in [0.4, 0.5) is 5.69 Å². The first-order valence-corrected chi connectivity index (χ1v) is 5.22. The van der Waals surface area contributed by atoms with Crippen LogP contribution in [0, 0.1) is 10.1 Å². The van der Waals surface area contributed by atoms with Gasteiger partial charge in [0.15, 0.2) is 0 Å². The van der Waals surface area contributed by atoms with Gasteiger partial charge < -0.3 is 0 Å². The number of thioether (sulfide) groups is 1. The van der Waals surface area contributed by atoms with Crippen molar-refractivity contribution in [3.05, 3.63) is 33.9 Å². The number of nitrogens with zero attached hydrogens (tertiary/aromatic N) is 1. The number of aryl methyl sites for hydroxylation is 1. The van der Waals surface area contributed by atoms with Gasteiger partial charge in [-0.05, 0) is 24.3 Å². The number of nitro benzene ring substituents is 1. The molecular formula is C9H11NO2S. The van der Waals surface area contributed by atoms with E-state index >= 15 is 0 Å². The minimum atomic E-state index is -0.358. The van der Waals surface area contributed by atoms with Gasteiger partial charge in [0.2, 0.25) is 0 Å². The van der Waals surface area contributed by atoms with E-state index in [1.165, 1.54) is 0 Å². The van der Waals surface area contributed by atoms with E-state index in [0.717, 1.165) is 16.9 Å². The Labute approximate surface area is 81.3 Å². The molecule has 1 rings (SSSR count). The van der Waals surface area contributed by atoms with Crippen LogP contribution in [0.5, 0.6) is 0 Å². The molecule has 1 aromatic rings. The molecule has 0 unspecified atom stereocenters. The predicted octanol–water partition coefficient (Wildman–Crippen LogP) is 2.88. The van der Waals surface area contributed by atoms with Crippen LogP contribution in [0.15, 0.2) is 23.1 Å². The summed E-state index contributed by atoms with van der Waals surface area (Å²) in [6.07, 6.45) is 2.80. The van der Waals surface area contributed by atoms with Crippen LogP contribution in [-0.2, 0) is 6.42 Å². The van der Waals surface area contributed by atoms with Gasteiger partial charge in [0.05, 0.1) is 4.92 Å². The molecule has 70 valence electrons. The summed E-state index contributed by atoms with van der Waals surface area (Å²) in [7, 11) is 0. The van der Waals surface area contributed by atoms with Gasteiger partial charge in [-0.1, -0.05) is 6.92 Å². The summed E-state index contributed by atoms with van der Waals surface area (Å²) in [6.45, 7) is 2.00. The average Bonchev–Trinajstić information content (AvgIpc) is 2.16. The second kappa shape index (κ2) is 4.28. The zero-order chi connectivity index (χ0) is 9.84. The highest BCUT2D eigenvalue weighted by Gasteiger charge is 2.08. The number of hydrogen-bond donors (Lipinski definition) is 0. The van der Waals surface area contributed by atoms with Gasteiger partial charge in [-0.15, -0.1) is 11.8 Å². The third kappa shape index (κ3) is 2.21. The minimum Gasteiger partial charge on any atom is -0.258 e. The van der Waals surface area contributed by atoms with E-state index in [9.17, 15) is 10.1 Å². The summed E-state index contributed by atoms with van der Waals surface area (Å²) >= 11 is 1.62. The van der Waals surface area contributed by atoms with Crippen molar-refractivity contribution in [2.75, 3.05) is 6.26 Å². The molecule has 3 nitrogen and oxygen atoms in total. The summed E-state index contributed by atoms with van der Waals surface area (Å²) < 4.78 is 0. The lowest BCUT2D eigenvalue weighted by Crippen LogP contribution is -1.91. The molecule has 0 fully saturated rings. The van der Waals surface area contributed by atoms with E-state index in [1.54, 1.807) is 23.9 Å². The van der Waals surface area contributed by atoms with E-state index in [1.807, 2.05) is 19.2 Å². The lowest BCUT2D eigenvalue weighted by Gasteiger charge is -2.03. The number of nitro groups is 1. The van der Waals surface area contributed by atoms with Crippen molar-refractivity contribution in [2.24, 2.45) is 0 Å². The molecule has 0 aromatic heterocycles. The van der Waals surface area contributed by atoms with Gasteiger partial charge in [0, 0.05) is 17.0 Å². The van der Waals surface area contributed by atoms with Gasteiger partial charge in [-0.3, -0.25) is 10.1 Å². The summed E-state index contributed by atoms with van der Waals surface area (Å²) in [6, 6.07) is 5.00. The van der Waals surface area contributed by atoms with E-state index in [-0.39, 0.29) is 10.6 Å². The summed E-state index contributed by atoms with van der Waals surface area (Å²) in [5.74, 6) is 0. The van der Waals surface area contributed by atoms with Crippen LogP contribution < -0.4 is 0 Å². The SMILES string of the molecule is CCc1cc([N+](=O)[O-])ccc1SC. The Balaban J connectivity index is 3.13. The second-order valence-corrected chi connectivity index (χ2v) is 3.45. The lowest BCUT2D eigenvalue weighted by atomic mass is 10.1. The molecule has 0 amide bonds. The zero-order valence-electron chi connectivity index (χ0n) is 7.61.